The molecule has 5 nitrogen and oxygen atoms in total. The van der Waals surface area contributed by atoms with E-state index in [2.05, 4.69) is 6.92 Å². The molecule has 1 heterocycles. The van der Waals surface area contributed by atoms with Crippen molar-refractivity contribution < 1.29 is 19.4 Å². The molecular formula is C14H23NO4. The average Bonchev–Trinajstić information content (AvgIpc) is 2.92. The van der Waals surface area contributed by atoms with Gasteiger partial charge in [0.15, 0.2) is 0 Å². The molecule has 1 unspecified atom stereocenters. The lowest BCUT2D eigenvalue weighted by molar-refractivity contribution is -0.145. The van der Waals surface area contributed by atoms with Gasteiger partial charge in [-0.2, -0.15) is 0 Å². The molecule has 2 fully saturated rings. The summed E-state index contributed by atoms with van der Waals surface area (Å²) in [5.41, 5.74) is -0.415. The van der Waals surface area contributed by atoms with E-state index in [1.807, 2.05) is 13.8 Å². The van der Waals surface area contributed by atoms with Gasteiger partial charge in [0.25, 0.3) is 0 Å². The highest BCUT2D eigenvalue weighted by atomic mass is 16.5. The van der Waals surface area contributed by atoms with E-state index in [0.29, 0.717) is 19.7 Å². The molecule has 2 rings (SSSR count). The third kappa shape index (κ3) is 2.61. The molecule has 1 N–H and O–H groups in total. The first-order valence-corrected chi connectivity index (χ1v) is 7.02. The molecule has 19 heavy (non-hydrogen) atoms. The van der Waals surface area contributed by atoms with Gasteiger partial charge in [-0.25, -0.2) is 0 Å². The molecule has 1 aliphatic carbocycles. The maximum Gasteiger partial charge on any atom is 0.307 e. The van der Waals surface area contributed by atoms with Gasteiger partial charge in [-0.3, -0.25) is 9.59 Å². The fourth-order valence-corrected chi connectivity index (χ4v) is 3.17. The molecule has 0 bridgehead atoms. The number of carboxylic acid groups (broad SMARTS) is 1. The molecule has 2 aliphatic rings. The number of carbonyl (C=O) groups excluding carboxylic acids is 1. The molecule has 5 heteroatoms. The average molecular weight is 269 g/mol. The number of morpholine rings is 1. The van der Waals surface area contributed by atoms with Gasteiger partial charge >= 0.3 is 5.97 Å². The quantitative estimate of drug-likeness (QED) is 0.837. The molecule has 1 saturated carbocycles. The van der Waals surface area contributed by atoms with Crippen molar-refractivity contribution in [3.05, 3.63) is 0 Å². The number of ether oxygens (including phenoxy) is 1. The van der Waals surface area contributed by atoms with Gasteiger partial charge in [-0.1, -0.05) is 27.2 Å². The van der Waals surface area contributed by atoms with Gasteiger partial charge in [-0.05, 0) is 11.8 Å². The van der Waals surface area contributed by atoms with Crippen molar-refractivity contribution in [2.75, 3.05) is 19.7 Å². The van der Waals surface area contributed by atoms with Crippen LogP contribution < -0.4 is 0 Å². The van der Waals surface area contributed by atoms with Crippen LogP contribution in [0.4, 0.5) is 0 Å². The zero-order valence-corrected chi connectivity index (χ0v) is 11.9. The van der Waals surface area contributed by atoms with Crippen molar-refractivity contribution in [1.29, 1.82) is 0 Å². The second-order valence-electron chi connectivity index (χ2n) is 6.18. The topological polar surface area (TPSA) is 66.8 Å². The van der Waals surface area contributed by atoms with Gasteiger partial charge in [0, 0.05) is 13.1 Å². The summed E-state index contributed by atoms with van der Waals surface area (Å²) in [7, 11) is 0. The van der Waals surface area contributed by atoms with E-state index >= 15 is 0 Å². The van der Waals surface area contributed by atoms with Crippen molar-refractivity contribution in [2.24, 2.45) is 17.3 Å². The summed E-state index contributed by atoms with van der Waals surface area (Å²) in [6.07, 6.45) is 2.08. The van der Waals surface area contributed by atoms with Crippen LogP contribution in [0.15, 0.2) is 0 Å². The van der Waals surface area contributed by atoms with E-state index in [1.54, 1.807) is 4.90 Å². The molecule has 0 aromatic heterocycles. The SMILES string of the molecule is CCCC1CN(C(=O)[C@@H]2[C@H](C(=O)O)C2(C)C)CCO1. The number of rotatable bonds is 4. The molecule has 1 saturated heterocycles. The fraction of sp³-hybridized carbons (Fsp3) is 0.857. The molecule has 108 valence electrons. The molecule has 1 amide bonds. The molecule has 0 aromatic rings. The van der Waals surface area contributed by atoms with Crippen LogP contribution in [0.2, 0.25) is 0 Å². The largest absolute Gasteiger partial charge is 0.481 e. The van der Waals surface area contributed by atoms with Gasteiger partial charge in [0.2, 0.25) is 5.91 Å². The van der Waals surface area contributed by atoms with Gasteiger partial charge in [-0.15, -0.1) is 0 Å². The molecule has 0 spiro atoms. The Labute approximate surface area is 113 Å². The summed E-state index contributed by atoms with van der Waals surface area (Å²) in [6.45, 7) is 7.55. The Bertz CT molecular complexity index is 378. The number of carboxylic acids is 1. The first kappa shape index (κ1) is 14.3. The Balaban J connectivity index is 1.99. The third-order valence-electron chi connectivity index (χ3n) is 4.42. The number of carbonyl (C=O) groups is 2. The van der Waals surface area contributed by atoms with Crippen LogP contribution in [0.1, 0.15) is 33.6 Å². The highest BCUT2D eigenvalue weighted by molar-refractivity contribution is 5.91. The second kappa shape index (κ2) is 5.12. The Kier molecular flexibility index (Phi) is 3.85. The number of hydrogen-bond acceptors (Lipinski definition) is 3. The monoisotopic (exact) mass is 269 g/mol. The standard InChI is InChI=1S/C14H23NO4/c1-4-5-9-8-15(6-7-19-9)12(16)10-11(13(17)18)14(10,2)3/h9-11H,4-8H2,1-3H3,(H,17,18)/t9?,10-,11+/m0/s1. The molecule has 0 radical (unpaired) electrons. The van der Waals surface area contributed by atoms with E-state index in [1.165, 1.54) is 0 Å². The van der Waals surface area contributed by atoms with Gasteiger partial charge in [0.05, 0.1) is 24.5 Å². The van der Waals surface area contributed by atoms with E-state index < -0.39 is 17.3 Å². The van der Waals surface area contributed by atoms with Gasteiger partial charge in [0.1, 0.15) is 0 Å². The highest BCUT2D eigenvalue weighted by Crippen LogP contribution is 2.59. The van der Waals surface area contributed by atoms with Crippen molar-refractivity contribution in [3.8, 4) is 0 Å². The van der Waals surface area contributed by atoms with Crippen molar-refractivity contribution >= 4 is 11.9 Å². The van der Waals surface area contributed by atoms with Crippen molar-refractivity contribution in [3.63, 3.8) is 0 Å². The summed E-state index contributed by atoms with van der Waals surface area (Å²) in [4.78, 5) is 25.4. The predicted molar refractivity (Wildman–Crippen MR) is 69.6 cm³/mol. The van der Waals surface area contributed by atoms with E-state index in [9.17, 15) is 9.59 Å². The summed E-state index contributed by atoms with van der Waals surface area (Å²) in [6, 6.07) is 0. The summed E-state index contributed by atoms with van der Waals surface area (Å²) in [5, 5.41) is 9.15. The normalized spacial score (nSPS) is 33.0. The number of amides is 1. The Morgan fingerprint density at radius 2 is 2.05 bits per heavy atom. The minimum atomic E-state index is -0.860. The maximum absolute atomic E-state index is 12.4. The number of aliphatic carboxylic acids is 1. The predicted octanol–water partition coefficient (Wildman–Crippen LogP) is 1.37. The third-order valence-corrected chi connectivity index (χ3v) is 4.42. The lowest BCUT2D eigenvalue weighted by atomic mass is 10.1. The second-order valence-corrected chi connectivity index (χ2v) is 6.18. The van der Waals surface area contributed by atoms with Crippen molar-refractivity contribution in [1.82, 2.24) is 4.90 Å². The smallest absolute Gasteiger partial charge is 0.307 e. The Morgan fingerprint density at radius 3 is 2.58 bits per heavy atom. The summed E-state index contributed by atoms with van der Waals surface area (Å²) < 4.78 is 5.61. The number of hydrogen-bond donors (Lipinski definition) is 1. The van der Waals surface area contributed by atoms with Gasteiger partial charge < -0.3 is 14.7 Å². The van der Waals surface area contributed by atoms with Crippen LogP contribution in [-0.2, 0) is 14.3 Å². The molecular weight excluding hydrogens is 246 g/mol. The molecule has 3 atom stereocenters. The van der Waals surface area contributed by atoms with Crippen LogP contribution in [0.3, 0.4) is 0 Å². The first-order chi connectivity index (χ1) is 8.89. The minimum Gasteiger partial charge on any atom is -0.481 e. The molecule has 0 aromatic carbocycles. The van der Waals surface area contributed by atoms with Crippen LogP contribution >= 0.6 is 0 Å². The Hall–Kier alpha value is -1.10. The van der Waals surface area contributed by atoms with E-state index in [0.717, 1.165) is 12.8 Å². The zero-order chi connectivity index (χ0) is 14.2. The van der Waals surface area contributed by atoms with Crippen LogP contribution in [-0.4, -0.2) is 47.7 Å². The fourth-order valence-electron chi connectivity index (χ4n) is 3.17. The van der Waals surface area contributed by atoms with Crippen LogP contribution in [0, 0.1) is 17.3 Å². The number of nitrogens with zero attached hydrogens (tertiary/aromatic N) is 1. The zero-order valence-electron chi connectivity index (χ0n) is 11.9. The lowest BCUT2D eigenvalue weighted by Gasteiger charge is -2.33. The summed E-state index contributed by atoms with van der Waals surface area (Å²) in [5.74, 6) is -1.78. The minimum absolute atomic E-state index is 0.0122. The van der Waals surface area contributed by atoms with E-state index in [4.69, 9.17) is 9.84 Å². The van der Waals surface area contributed by atoms with Crippen LogP contribution in [0.25, 0.3) is 0 Å². The van der Waals surface area contributed by atoms with Crippen molar-refractivity contribution in [2.45, 2.75) is 39.7 Å². The van der Waals surface area contributed by atoms with Crippen LogP contribution in [0.5, 0.6) is 0 Å². The van der Waals surface area contributed by atoms with E-state index in [-0.39, 0.29) is 17.9 Å². The molecule has 1 aliphatic heterocycles. The first-order valence-electron chi connectivity index (χ1n) is 7.02. The summed E-state index contributed by atoms with van der Waals surface area (Å²) >= 11 is 0. The Morgan fingerprint density at radius 1 is 1.37 bits per heavy atom. The lowest BCUT2D eigenvalue weighted by Crippen LogP contribution is -2.46. The maximum atomic E-state index is 12.4. The highest BCUT2D eigenvalue weighted by Gasteiger charge is 2.66.